The van der Waals surface area contributed by atoms with Crippen LogP contribution in [-0.4, -0.2) is 38.4 Å². The molecule has 1 aromatic heterocycles. The number of methoxy groups -OCH3 is 2. The first-order chi connectivity index (χ1) is 12.1. The smallest absolute Gasteiger partial charge is 0.280 e. The first kappa shape index (κ1) is 17.3. The molecule has 0 bridgehead atoms. The summed E-state index contributed by atoms with van der Waals surface area (Å²) in [6, 6.07) is 7.80. The van der Waals surface area contributed by atoms with E-state index < -0.39 is 0 Å². The highest BCUT2D eigenvalue weighted by Gasteiger charge is 2.33. The molecular weight excluding hydrogens is 322 g/mol. The van der Waals surface area contributed by atoms with Crippen molar-refractivity contribution in [2.24, 2.45) is 0 Å². The number of likely N-dealkylation sites (tertiary alicyclic amines) is 1. The molecular formula is C18H24N3O4+. The molecule has 0 saturated carbocycles. The Kier molecular flexibility index (Phi) is 5.23. The van der Waals surface area contributed by atoms with Crippen LogP contribution in [0.15, 0.2) is 28.8 Å². The molecule has 25 heavy (non-hydrogen) atoms. The van der Waals surface area contributed by atoms with Crippen molar-refractivity contribution < 1.29 is 23.7 Å². The number of hydrogen-bond donors (Lipinski definition) is 2. The molecule has 1 fully saturated rings. The second-order valence-electron chi connectivity index (χ2n) is 6.26. The van der Waals surface area contributed by atoms with Gasteiger partial charge in [0.2, 0.25) is 0 Å². The van der Waals surface area contributed by atoms with Gasteiger partial charge in [0, 0.05) is 25.0 Å². The highest BCUT2D eigenvalue weighted by atomic mass is 16.5. The Balaban J connectivity index is 1.71. The van der Waals surface area contributed by atoms with Gasteiger partial charge in [0.05, 0.1) is 26.3 Å². The first-order valence-electron chi connectivity index (χ1n) is 8.40. The van der Waals surface area contributed by atoms with Crippen LogP contribution in [0.4, 0.5) is 5.82 Å². The van der Waals surface area contributed by atoms with Crippen LogP contribution in [0.3, 0.4) is 0 Å². The number of carbonyl (C=O) groups excluding carboxylic acids is 1. The molecule has 1 aliphatic heterocycles. The molecule has 1 aromatic carbocycles. The van der Waals surface area contributed by atoms with Gasteiger partial charge in [-0.2, -0.15) is 0 Å². The van der Waals surface area contributed by atoms with Gasteiger partial charge in [0.1, 0.15) is 23.3 Å². The molecule has 0 aliphatic carbocycles. The quantitative estimate of drug-likeness (QED) is 0.826. The van der Waals surface area contributed by atoms with E-state index in [2.05, 4.69) is 10.5 Å². The zero-order valence-corrected chi connectivity index (χ0v) is 14.8. The lowest BCUT2D eigenvalue weighted by atomic mass is 10.0. The molecule has 2 atom stereocenters. The third kappa shape index (κ3) is 3.93. The summed E-state index contributed by atoms with van der Waals surface area (Å²) in [7, 11) is 3.30. The monoisotopic (exact) mass is 346 g/mol. The Morgan fingerprint density at radius 3 is 2.88 bits per heavy atom. The van der Waals surface area contributed by atoms with Crippen molar-refractivity contribution in [1.29, 1.82) is 0 Å². The zero-order chi connectivity index (χ0) is 17.8. The van der Waals surface area contributed by atoms with Crippen LogP contribution in [0.1, 0.15) is 30.2 Å². The summed E-state index contributed by atoms with van der Waals surface area (Å²) in [4.78, 5) is 13.6. The van der Waals surface area contributed by atoms with E-state index in [4.69, 9.17) is 14.0 Å². The van der Waals surface area contributed by atoms with Crippen molar-refractivity contribution in [3.05, 3.63) is 35.6 Å². The fourth-order valence-electron chi connectivity index (χ4n) is 3.42. The highest BCUT2D eigenvalue weighted by Crippen LogP contribution is 2.31. The summed E-state index contributed by atoms with van der Waals surface area (Å²) < 4.78 is 15.8. The van der Waals surface area contributed by atoms with Gasteiger partial charge in [-0.3, -0.25) is 4.79 Å². The van der Waals surface area contributed by atoms with Gasteiger partial charge in [-0.1, -0.05) is 5.16 Å². The average molecular weight is 346 g/mol. The molecule has 0 radical (unpaired) electrons. The number of amides is 1. The number of hydrogen-bond acceptors (Lipinski definition) is 5. The van der Waals surface area contributed by atoms with E-state index in [1.807, 2.05) is 18.2 Å². The number of rotatable bonds is 6. The second-order valence-corrected chi connectivity index (χ2v) is 6.26. The van der Waals surface area contributed by atoms with Crippen LogP contribution in [0.25, 0.3) is 0 Å². The molecule has 7 heteroatoms. The summed E-state index contributed by atoms with van der Waals surface area (Å²) in [6.45, 7) is 3.12. The SMILES string of the molecule is COc1ccc([C@@H]2CCC[NH+]2CC(=O)Nc2cc(C)on2)c(OC)c1. The van der Waals surface area contributed by atoms with Crippen LogP contribution in [0, 0.1) is 6.92 Å². The van der Waals surface area contributed by atoms with E-state index in [0.717, 1.165) is 36.4 Å². The van der Waals surface area contributed by atoms with E-state index in [1.54, 1.807) is 27.2 Å². The van der Waals surface area contributed by atoms with Crippen LogP contribution in [-0.2, 0) is 4.79 Å². The Morgan fingerprint density at radius 2 is 2.20 bits per heavy atom. The van der Waals surface area contributed by atoms with Crippen molar-refractivity contribution in [2.45, 2.75) is 25.8 Å². The fourth-order valence-corrected chi connectivity index (χ4v) is 3.42. The molecule has 2 aromatic rings. The van der Waals surface area contributed by atoms with E-state index in [1.165, 1.54) is 4.90 Å². The van der Waals surface area contributed by atoms with Crippen LogP contribution in [0.5, 0.6) is 11.5 Å². The first-order valence-corrected chi connectivity index (χ1v) is 8.40. The summed E-state index contributed by atoms with van der Waals surface area (Å²) in [5, 5.41) is 6.60. The Morgan fingerprint density at radius 1 is 1.36 bits per heavy atom. The number of aromatic nitrogens is 1. The number of anilines is 1. The fraction of sp³-hybridized carbons (Fsp3) is 0.444. The number of carbonyl (C=O) groups is 1. The molecule has 0 spiro atoms. The lowest BCUT2D eigenvalue weighted by Crippen LogP contribution is -3.11. The maximum atomic E-state index is 12.3. The number of aryl methyl sites for hydroxylation is 1. The van der Waals surface area contributed by atoms with Gasteiger partial charge in [-0.05, 0) is 19.1 Å². The third-order valence-corrected chi connectivity index (χ3v) is 4.58. The third-order valence-electron chi connectivity index (χ3n) is 4.58. The molecule has 7 nitrogen and oxygen atoms in total. The zero-order valence-electron chi connectivity index (χ0n) is 14.8. The van der Waals surface area contributed by atoms with Crippen molar-refractivity contribution in [2.75, 3.05) is 32.6 Å². The Hall–Kier alpha value is -2.54. The number of nitrogens with one attached hydrogen (secondary N) is 2. The van der Waals surface area contributed by atoms with Crippen molar-refractivity contribution >= 4 is 11.7 Å². The molecule has 3 rings (SSSR count). The van der Waals surface area contributed by atoms with E-state index in [-0.39, 0.29) is 11.9 Å². The minimum Gasteiger partial charge on any atom is -0.497 e. The van der Waals surface area contributed by atoms with E-state index >= 15 is 0 Å². The van der Waals surface area contributed by atoms with Gasteiger partial charge in [-0.25, -0.2) is 0 Å². The van der Waals surface area contributed by atoms with E-state index in [9.17, 15) is 4.79 Å². The summed E-state index contributed by atoms with van der Waals surface area (Å²) >= 11 is 0. The maximum absolute atomic E-state index is 12.3. The standard InChI is InChI=1S/C18H23N3O4/c1-12-9-17(20-25-12)19-18(22)11-21-8-4-5-15(21)14-7-6-13(23-2)10-16(14)24-3/h6-7,9-10,15H,4-5,8,11H2,1-3H3,(H,19,20,22)/p+1/t15-/m0/s1. The molecule has 1 unspecified atom stereocenters. The lowest BCUT2D eigenvalue weighted by Gasteiger charge is -2.23. The Bertz CT molecular complexity index is 744. The minimum absolute atomic E-state index is 0.0670. The van der Waals surface area contributed by atoms with Gasteiger partial charge < -0.3 is 24.2 Å². The molecule has 1 amide bonds. The highest BCUT2D eigenvalue weighted by molar-refractivity contribution is 5.90. The largest absolute Gasteiger partial charge is 0.497 e. The maximum Gasteiger partial charge on any atom is 0.280 e. The number of ether oxygens (including phenoxy) is 2. The molecule has 134 valence electrons. The molecule has 2 N–H and O–H groups in total. The minimum atomic E-state index is -0.0670. The Labute approximate surface area is 146 Å². The lowest BCUT2D eigenvalue weighted by molar-refractivity contribution is -0.910. The van der Waals surface area contributed by atoms with Crippen LogP contribution >= 0.6 is 0 Å². The number of benzene rings is 1. The van der Waals surface area contributed by atoms with Gasteiger partial charge in [-0.15, -0.1) is 0 Å². The van der Waals surface area contributed by atoms with Crippen molar-refractivity contribution in [3.63, 3.8) is 0 Å². The van der Waals surface area contributed by atoms with Gasteiger partial charge in [0.15, 0.2) is 12.4 Å². The predicted octanol–water partition coefficient (Wildman–Crippen LogP) is 1.36. The molecule has 1 saturated heterocycles. The average Bonchev–Trinajstić information content (AvgIpc) is 3.23. The summed E-state index contributed by atoms with van der Waals surface area (Å²) in [6.07, 6.45) is 2.10. The van der Waals surface area contributed by atoms with Crippen LogP contribution in [0.2, 0.25) is 0 Å². The second kappa shape index (κ2) is 7.57. The van der Waals surface area contributed by atoms with E-state index in [0.29, 0.717) is 18.1 Å². The van der Waals surface area contributed by atoms with Crippen molar-refractivity contribution in [1.82, 2.24) is 5.16 Å². The van der Waals surface area contributed by atoms with Crippen molar-refractivity contribution in [3.8, 4) is 11.5 Å². The van der Waals surface area contributed by atoms with Gasteiger partial charge in [0.25, 0.3) is 5.91 Å². The number of quaternary nitrogens is 1. The topological polar surface area (TPSA) is 78.0 Å². The summed E-state index contributed by atoms with van der Waals surface area (Å²) in [5.74, 6) is 2.63. The molecule has 1 aliphatic rings. The van der Waals surface area contributed by atoms with Crippen LogP contribution < -0.4 is 19.7 Å². The molecule has 2 heterocycles. The number of nitrogens with zero attached hydrogens (tertiary/aromatic N) is 1. The summed E-state index contributed by atoms with van der Waals surface area (Å²) in [5.41, 5.74) is 1.11. The van der Waals surface area contributed by atoms with Gasteiger partial charge >= 0.3 is 0 Å². The predicted molar refractivity (Wildman–Crippen MR) is 92.1 cm³/mol. The normalized spacial score (nSPS) is 19.6.